The van der Waals surface area contributed by atoms with Crippen molar-refractivity contribution in [1.29, 1.82) is 0 Å². The Kier molecular flexibility index (Phi) is 5.59. The van der Waals surface area contributed by atoms with E-state index in [4.69, 9.17) is 0 Å². The summed E-state index contributed by atoms with van der Waals surface area (Å²) >= 11 is 0. The lowest BCUT2D eigenvalue weighted by Crippen LogP contribution is -2.30. The number of nitrogens with one attached hydrogen (secondary N) is 1. The summed E-state index contributed by atoms with van der Waals surface area (Å²) in [6.07, 6.45) is 6.85. The quantitative estimate of drug-likeness (QED) is 0.828. The minimum absolute atomic E-state index is 0.0711. The third-order valence-corrected chi connectivity index (χ3v) is 4.04. The van der Waals surface area contributed by atoms with Gasteiger partial charge in [0.25, 0.3) is 0 Å². The maximum absolute atomic E-state index is 12.0. The van der Waals surface area contributed by atoms with E-state index in [2.05, 4.69) is 22.2 Å². The van der Waals surface area contributed by atoms with Gasteiger partial charge in [-0.3, -0.25) is 9.48 Å². The van der Waals surface area contributed by atoms with E-state index >= 15 is 0 Å². The molecule has 0 saturated carbocycles. The fraction of sp³-hybridized carbons (Fsp3) is 0.733. The van der Waals surface area contributed by atoms with Crippen LogP contribution in [0.3, 0.4) is 0 Å². The highest BCUT2D eigenvalue weighted by Crippen LogP contribution is 2.15. The summed E-state index contributed by atoms with van der Waals surface area (Å²) in [5, 5.41) is 7.28. The van der Waals surface area contributed by atoms with Crippen LogP contribution in [-0.2, 0) is 11.8 Å². The van der Waals surface area contributed by atoms with Gasteiger partial charge in [-0.1, -0.05) is 6.92 Å². The minimum Gasteiger partial charge on any atom is -0.348 e. The second-order valence-electron chi connectivity index (χ2n) is 5.56. The zero-order valence-corrected chi connectivity index (χ0v) is 12.6. The van der Waals surface area contributed by atoms with Crippen LogP contribution in [0, 0.1) is 0 Å². The Labute approximate surface area is 121 Å². The Morgan fingerprint density at radius 1 is 1.45 bits per heavy atom. The van der Waals surface area contributed by atoms with Crippen molar-refractivity contribution in [1.82, 2.24) is 20.0 Å². The van der Waals surface area contributed by atoms with Gasteiger partial charge < -0.3 is 10.2 Å². The van der Waals surface area contributed by atoms with Gasteiger partial charge in [0, 0.05) is 19.7 Å². The van der Waals surface area contributed by atoms with E-state index in [1.165, 1.54) is 25.9 Å². The van der Waals surface area contributed by atoms with Crippen LogP contribution >= 0.6 is 0 Å². The maximum atomic E-state index is 12.0. The van der Waals surface area contributed by atoms with Crippen LogP contribution in [0.5, 0.6) is 0 Å². The molecule has 0 bridgehead atoms. The molecule has 112 valence electrons. The molecule has 1 unspecified atom stereocenters. The average Bonchev–Trinajstić information content (AvgIpc) is 3.08. The third-order valence-electron chi connectivity index (χ3n) is 4.04. The number of carbonyl (C=O) groups excluding carboxylic acids is 1. The fourth-order valence-corrected chi connectivity index (χ4v) is 2.85. The molecule has 5 nitrogen and oxygen atoms in total. The van der Waals surface area contributed by atoms with Crippen LogP contribution < -0.4 is 5.32 Å². The largest absolute Gasteiger partial charge is 0.348 e. The van der Waals surface area contributed by atoms with Gasteiger partial charge in [-0.2, -0.15) is 5.10 Å². The molecule has 1 amide bonds. The molecular weight excluding hydrogens is 252 g/mol. The number of aromatic nitrogens is 2. The van der Waals surface area contributed by atoms with Crippen LogP contribution in [0.2, 0.25) is 0 Å². The van der Waals surface area contributed by atoms with Crippen molar-refractivity contribution < 1.29 is 4.79 Å². The summed E-state index contributed by atoms with van der Waals surface area (Å²) in [5.41, 5.74) is 1.07. The molecule has 0 radical (unpaired) electrons. The lowest BCUT2D eigenvalue weighted by molar-refractivity contribution is -0.122. The maximum Gasteiger partial charge on any atom is 0.220 e. The van der Waals surface area contributed by atoms with E-state index in [1.54, 1.807) is 6.20 Å². The molecular formula is C15H26N4O. The molecule has 1 saturated heterocycles. The molecule has 2 heterocycles. The van der Waals surface area contributed by atoms with Gasteiger partial charge in [-0.15, -0.1) is 0 Å². The summed E-state index contributed by atoms with van der Waals surface area (Å²) in [6.45, 7) is 5.54. The normalized spacial score (nSPS) is 17.3. The van der Waals surface area contributed by atoms with Gasteiger partial charge in [-0.05, 0) is 51.4 Å². The molecule has 1 fully saturated rings. The predicted octanol–water partition coefficient (Wildman–Crippen LogP) is 1.86. The van der Waals surface area contributed by atoms with Gasteiger partial charge >= 0.3 is 0 Å². The molecule has 2 rings (SSSR count). The zero-order chi connectivity index (χ0) is 14.4. The molecule has 0 spiro atoms. The van der Waals surface area contributed by atoms with E-state index in [-0.39, 0.29) is 11.9 Å². The van der Waals surface area contributed by atoms with Crippen LogP contribution in [0.15, 0.2) is 12.3 Å². The van der Waals surface area contributed by atoms with Crippen molar-refractivity contribution in [3.63, 3.8) is 0 Å². The van der Waals surface area contributed by atoms with Crippen molar-refractivity contribution in [2.45, 2.75) is 45.1 Å². The van der Waals surface area contributed by atoms with Crippen LogP contribution in [0.1, 0.15) is 50.8 Å². The highest BCUT2D eigenvalue weighted by Gasteiger charge is 2.16. The highest BCUT2D eigenvalue weighted by molar-refractivity contribution is 5.76. The first kappa shape index (κ1) is 15.0. The Bertz CT molecular complexity index is 423. The van der Waals surface area contributed by atoms with Gasteiger partial charge in [-0.25, -0.2) is 0 Å². The standard InChI is InChI=1S/C15H26N4O/c1-3-13(14-8-9-16-18(14)2)17-15(20)7-6-12-19-10-4-5-11-19/h8-9,13H,3-7,10-12H2,1-2H3,(H,17,20). The van der Waals surface area contributed by atoms with Gasteiger partial charge in [0.2, 0.25) is 5.91 Å². The van der Waals surface area contributed by atoms with Crippen LogP contribution in [-0.4, -0.2) is 40.2 Å². The second kappa shape index (κ2) is 7.43. The average molecular weight is 278 g/mol. The van der Waals surface area contributed by atoms with E-state index in [0.29, 0.717) is 6.42 Å². The summed E-state index contributed by atoms with van der Waals surface area (Å²) in [4.78, 5) is 14.5. The summed E-state index contributed by atoms with van der Waals surface area (Å²) in [7, 11) is 1.91. The fourth-order valence-electron chi connectivity index (χ4n) is 2.85. The molecule has 1 N–H and O–H groups in total. The molecule has 20 heavy (non-hydrogen) atoms. The monoisotopic (exact) mass is 278 g/mol. The van der Waals surface area contributed by atoms with Crippen molar-refractivity contribution in [2.75, 3.05) is 19.6 Å². The van der Waals surface area contributed by atoms with E-state index in [1.807, 2.05) is 17.8 Å². The van der Waals surface area contributed by atoms with E-state index < -0.39 is 0 Å². The third kappa shape index (κ3) is 4.07. The predicted molar refractivity (Wildman–Crippen MR) is 79.3 cm³/mol. The first-order valence-corrected chi connectivity index (χ1v) is 7.70. The molecule has 1 atom stereocenters. The number of rotatable bonds is 7. The van der Waals surface area contributed by atoms with Crippen molar-refractivity contribution >= 4 is 5.91 Å². The minimum atomic E-state index is 0.0711. The highest BCUT2D eigenvalue weighted by atomic mass is 16.1. The number of hydrogen-bond donors (Lipinski definition) is 1. The van der Waals surface area contributed by atoms with E-state index in [0.717, 1.165) is 25.1 Å². The van der Waals surface area contributed by atoms with Crippen molar-refractivity contribution in [3.8, 4) is 0 Å². The van der Waals surface area contributed by atoms with Gasteiger partial charge in [0.05, 0.1) is 11.7 Å². The number of carbonyl (C=O) groups is 1. The lowest BCUT2D eigenvalue weighted by atomic mass is 10.1. The molecule has 0 aromatic carbocycles. The van der Waals surface area contributed by atoms with E-state index in [9.17, 15) is 4.79 Å². The molecule has 5 heteroatoms. The Morgan fingerprint density at radius 2 is 2.20 bits per heavy atom. The number of nitrogens with zero attached hydrogens (tertiary/aromatic N) is 3. The zero-order valence-electron chi connectivity index (χ0n) is 12.6. The van der Waals surface area contributed by atoms with Crippen LogP contribution in [0.25, 0.3) is 0 Å². The number of amides is 1. The van der Waals surface area contributed by atoms with Gasteiger partial charge in [0.1, 0.15) is 0 Å². The van der Waals surface area contributed by atoms with Crippen LogP contribution in [0.4, 0.5) is 0 Å². The molecule has 1 aliphatic heterocycles. The summed E-state index contributed by atoms with van der Waals surface area (Å²) in [6, 6.07) is 2.04. The SMILES string of the molecule is CCC(NC(=O)CCCN1CCCC1)c1ccnn1C. The molecule has 1 aliphatic rings. The Balaban J connectivity index is 1.73. The molecule has 0 aliphatic carbocycles. The Hall–Kier alpha value is -1.36. The van der Waals surface area contributed by atoms with Gasteiger partial charge in [0.15, 0.2) is 0 Å². The topological polar surface area (TPSA) is 50.2 Å². The first-order valence-electron chi connectivity index (χ1n) is 7.70. The lowest BCUT2D eigenvalue weighted by Gasteiger charge is -2.18. The summed E-state index contributed by atoms with van der Waals surface area (Å²) in [5.74, 6) is 0.150. The number of aryl methyl sites for hydroxylation is 1. The Morgan fingerprint density at radius 3 is 2.80 bits per heavy atom. The van der Waals surface area contributed by atoms with Crippen molar-refractivity contribution in [3.05, 3.63) is 18.0 Å². The molecule has 1 aromatic rings. The summed E-state index contributed by atoms with van der Waals surface area (Å²) < 4.78 is 1.83. The molecule has 1 aromatic heterocycles. The number of likely N-dealkylation sites (tertiary alicyclic amines) is 1. The number of hydrogen-bond acceptors (Lipinski definition) is 3. The smallest absolute Gasteiger partial charge is 0.220 e. The first-order chi connectivity index (χ1) is 9.70. The second-order valence-corrected chi connectivity index (χ2v) is 5.56. The van der Waals surface area contributed by atoms with Crippen molar-refractivity contribution in [2.24, 2.45) is 7.05 Å².